The van der Waals surface area contributed by atoms with Crippen molar-refractivity contribution < 1.29 is 58.6 Å². The van der Waals surface area contributed by atoms with E-state index in [1.807, 2.05) is 27.7 Å². The van der Waals surface area contributed by atoms with Crippen LogP contribution in [-0.2, 0) is 18.9 Å². The zero-order chi connectivity index (χ0) is 39.6. The van der Waals surface area contributed by atoms with E-state index in [1.54, 1.807) is 19.1 Å². The minimum absolute atomic E-state index is 0.142. The van der Waals surface area contributed by atoms with Gasteiger partial charge in [-0.3, -0.25) is 0 Å². The lowest BCUT2D eigenvalue weighted by atomic mass is 10.2. The molecular formula is C41H50O12. The van der Waals surface area contributed by atoms with Crippen molar-refractivity contribution in [1.82, 2.24) is 0 Å². The Morgan fingerprint density at radius 1 is 0.453 bits per heavy atom. The maximum Gasteiger partial charge on any atom is 0.338 e. The third-order valence-corrected chi connectivity index (χ3v) is 6.40. The molecular weight excluding hydrogens is 684 g/mol. The third-order valence-electron chi connectivity index (χ3n) is 6.40. The SMILES string of the molecule is CC(C)COC(=O)c1ccc(O)cc1.CCCCOC(=O)c1ccc(O)cc1.CCCOC(=O)c1ccc(O)cc1.CCOC(=O)c1ccc(O)cc1. The van der Waals surface area contributed by atoms with E-state index in [0.717, 1.165) is 19.3 Å². The molecule has 286 valence electrons. The van der Waals surface area contributed by atoms with Crippen LogP contribution >= 0.6 is 0 Å². The average molecular weight is 735 g/mol. The Labute approximate surface area is 310 Å². The van der Waals surface area contributed by atoms with Crippen molar-refractivity contribution in [2.45, 2.75) is 53.9 Å². The summed E-state index contributed by atoms with van der Waals surface area (Å²) in [7, 11) is 0. The predicted octanol–water partition coefficient (Wildman–Crippen LogP) is 8.08. The molecule has 0 aromatic heterocycles. The topological polar surface area (TPSA) is 186 Å². The Morgan fingerprint density at radius 3 is 1.04 bits per heavy atom. The number of unbranched alkanes of at least 4 members (excludes halogenated alkanes) is 1. The number of phenols is 4. The van der Waals surface area contributed by atoms with Crippen LogP contribution in [-0.4, -0.2) is 70.7 Å². The number of carbonyl (C=O) groups excluding carboxylic acids is 4. The van der Waals surface area contributed by atoms with Crippen molar-refractivity contribution in [2.75, 3.05) is 26.4 Å². The Morgan fingerprint density at radius 2 is 0.755 bits per heavy atom. The van der Waals surface area contributed by atoms with E-state index in [-0.39, 0.29) is 46.9 Å². The standard InChI is InChI=1S/2C11H14O3.C10H12O3.C9H10O3/c1-8(2)7-14-11(13)9-3-5-10(12)6-4-9;1-2-3-8-14-11(13)9-4-6-10(12)7-5-9;1-2-7-13-10(12)8-3-5-9(11)6-4-8;1-2-12-9(11)7-3-5-8(10)6-4-7/h3-6,8,12H,7H2,1-2H3;4-7,12H,2-3,8H2,1H3;3-6,11H,2,7H2,1H3;3-6,10H,2H2,1H3. The molecule has 0 aliphatic rings. The lowest BCUT2D eigenvalue weighted by Gasteiger charge is -2.06. The van der Waals surface area contributed by atoms with Gasteiger partial charge in [0.15, 0.2) is 0 Å². The number of hydrogen-bond acceptors (Lipinski definition) is 12. The lowest BCUT2D eigenvalue weighted by molar-refractivity contribution is 0.0455. The highest BCUT2D eigenvalue weighted by Gasteiger charge is 2.08. The predicted molar refractivity (Wildman–Crippen MR) is 199 cm³/mol. The molecule has 4 aromatic carbocycles. The van der Waals surface area contributed by atoms with Crippen LogP contribution in [0, 0.1) is 5.92 Å². The Balaban J connectivity index is 0.000000354. The Kier molecular flexibility index (Phi) is 21.9. The fourth-order valence-corrected chi connectivity index (χ4v) is 3.60. The van der Waals surface area contributed by atoms with Gasteiger partial charge in [-0.15, -0.1) is 0 Å². The number of benzene rings is 4. The van der Waals surface area contributed by atoms with Crippen LogP contribution in [0.4, 0.5) is 0 Å². The number of phenolic OH excluding ortho intramolecular Hbond substituents is 4. The molecule has 4 N–H and O–H groups in total. The largest absolute Gasteiger partial charge is 0.508 e. The van der Waals surface area contributed by atoms with Crippen LogP contribution in [0.5, 0.6) is 23.0 Å². The number of aromatic hydroxyl groups is 4. The summed E-state index contributed by atoms with van der Waals surface area (Å²) in [5.74, 6) is -0.483. The van der Waals surface area contributed by atoms with Crippen molar-refractivity contribution in [2.24, 2.45) is 5.92 Å². The highest BCUT2D eigenvalue weighted by molar-refractivity contribution is 5.91. The molecule has 0 atom stereocenters. The molecule has 0 fully saturated rings. The quantitative estimate of drug-likeness (QED) is 0.0624. The molecule has 53 heavy (non-hydrogen) atoms. The van der Waals surface area contributed by atoms with E-state index in [4.69, 9.17) is 39.4 Å². The monoisotopic (exact) mass is 734 g/mol. The number of carbonyl (C=O) groups is 4. The third kappa shape index (κ3) is 19.8. The molecule has 0 heterocycles. The zero-order valence-corrected chi connectivity index (χ0v) is 30.8. The van der Waals surface area contributed by atoms with Crippen LogP contribution in [0.1, 0.15) is 95.3 Å². The molecule has 0 radical (unpaired) electrons. The van der Waals surface area contributed by atoms with E-state index in [2.05, 4.69) is 0 Å². The van der Waals surface area contributed by atoms with Crippen molar-refractivity contribution in [3.63, 3.8) is 0 Å². The average Bonchev–Trinajstić information content (AvgIpc) is 3.15. The Bertz CT molecular complexity index is 1630. The smallest absolute Gasteiger partial charge is 0.338 e. The van der Waals surface area contributed by atoms with Gasteiger partial charge in [0.1, 0.15) is 23.0 Å². The van der Waals surface area contributed by atoms with Crippen LogP contribution in [0.2, 0.25) is 0 Å². The van der Waals surface area contributed by atoms with Gasteiger partial charge in [-0.05, 0) is 123 Å². The number of rotatable bonds is 12. The number of hydrogen-bond donors (Lipinski definition) is 4. The van der Waals surface area contributed by atoms with Crippen LogP contribution in [0.25, 0.3) is 0 Å². The fourth-order valence-electron chi connectivity index (χ4n) is 3.60. The second-order valence-corrected chi connectivity index (χ2v) is 11.5. The summed E-state index contributed by atoms with van der Waals surface area (Å²) >= 11 is 0. The molecule has 0 bridgehead atoms. The van der Waals surface area contributed by atoms with E-state index < -0.39 is 0 Å². The molecule has 0 amide bonds. The summed E-state index contributed by atoms with van der Waals surface area (Å²) in [6, 6.07) is 24.0. The molecule has 0 unspecified atom stereocenters. The van der Waals surface area contributed by atoms with Crippen LogP contribution in [0.3, 0.4) is 0 Å². The first-order valence-corrected chi connectivity index (χ1v) is 17.2. The van der Waals surface area contributed by atoms with Gasteiger partial charge in [0.2, 0.25) is 0 Å². The summed E-state index contributed by atoms with van der Waals surface area (Å²) in [6.45, 7) is 11.3. The van der Waals surface area contributed by atoms with Gasteiger partial charge < -0.3 is 39.4 Å². The second-order valence-electron chi connectivity index (χ2n) is 11.5. The highest BCUT2D eigenvalue weighted by Crippen LogP contribution is 2.13. The first-order valence-electron chi connectivity index (χ1n) is 17.2. The maximum atomic E-state index is 11.4. The van der Waals surface area contributed by atoms with Crippen LogP contribution in [0.15, 0.2) is 97.1 Å². The van der Waals surface area contributed by atoms with Gasteiger partial charge >= 0.3 is 23.9 Å². The van der Waals surface area contributed by atoms with Gasteiger partial charge in [-0.1, -0.05) is 34.1 Å². The van der Waals surface area contributed by atoms with E-state index in [0.29, 0.717) is 54.6 Å². The highest BCUT2D eigenvalue weighted by atomic mass is 16.5. The number of esters is 4. The maximum absolute atomic E-state index is 11.4. The van der Waals surface area contributed by atoms with E-state index in [1.165, 1.54) is 84.9 Å². The number of ether oxygens (including phenoxy) is 4. The minimum atomic E-state index is -0.363. The first-order chi connectivity index (χ1) is 25.3. The lowest BCUT2D eigenvalue weighted by Crippen LogP contribution is -2.09. The second kappa shape index (κ2) is 25.8. The van der Waals surface area contributed by atoms with Gasteiger partial charge in [-0.25, -0.2) is 19.2 Å². The molecule has 0 saturated carbocycles. The Hall–Kier alpha value is -6.04. The van der Waals surface area contributed by atoms with Gasteiger partial charge in [0, 0.05) is 0 Å². The van der Waals surface area contributed by atoms with Crippen molar-refractivity contribution >= 4 is 23.9 Å². The molecule has 12 nitrogen and oxygen atoms in total. The summed E-state index contributed by atoms with van der Waals surface area (Å²) in [5.41, 5.74) is 1.85. The molecule has 0 spiro atoms. The van der Waals surface area contributed by atoms with Crippen molar-refractivity contribution in [1.29, 1.82) is 0 Å². The molecule has 0 aliphatic heterocycles. The van der Waals surface area contributed by atoms with Gasteiger partial charge in [0.05, 0.1) is 48.7 Å². The summed E-state index contributed by atoms with van der Waals surface area (Å²) in [6.07, 6.45) is 2.69. The first kappa shape index (κ1) is 45.0. The fraction of sp³-hybridized carbons (Fsp3) is 0.317. The summed E-state index contributed by atoms with van der Waals surface area (Å²) < 4.78 is 19.6. The normalized spacial score (nSPS) is 9.77. The molecule has 4 rings (SSSR count). The minimum Gasteiger partial charge on any atom is -0.508 e. The van der Waals surface area contributed by atoms with Crippen molar-refractivity contribution in [3.8, 4) is 23.0 Å². The molecule has 0 saturated heterocycles. The molecule has 4 aromatic rings. The van der Waals surface area contributed by atoms with Crippen LogP contribution < -0.4 is 0 Å². The summed E-state index contributed by atoms with van der Waals surface area (Å²) in [4.78, 5) is 44.9. The summed E-state index contributed by atoms with van der Waals surface area (Å²) in [5, 5.41) is 35.9. The van der Waals surface area contributed by atoms with E-state index in [9.17, 15) is 19.2 Å². The van der Waals surface area contributed by atoms with Gasteiger partial charge in [0.25, 0.3) is 0 Å². The molecule has 0 aliphatic carbocycles. The molecule has 12 heteroatoms. The van der Waals surface area contributed by atoms with Crippen molar-refractivity contribution in [3.05, 3.63) is 119 Å². The van der Waals surface area contributed by atoms with Gasteiger partial charge in [-0.2, -0.15) is 0 Å². The zero-order valence-electron chi connectivity index (χ0n) is 30.8. The van der Waals surface area contributed by atoms with E-state index >= 15 is 0 Å².